The summed E-state index contributed by atoms with van der Waals surface area (Å²) in [5.41, 5.74) is 3.27. The molecular formula is C23H20N4O4S2. The Morgan fingerprint density at radius 3 is 1.48 bits per heavy atom. The number of nitrogens with zero attached hydrogens (tertiary/aromatic N) is 2. The third kappa shape index (κ3) is 5.73. The van der Waals surface area contributed by atoms with Crippen molar-refractivity contribution >= 4 is 44.8 Å². The van der Waals surface area contributed by atoms with E-state index in [0.29, 0.717) is 10.3 Å². The smallest absolute Gasteiger partial charge is 0.235 e. The summed E-state index contributed by atoms with van der Waals surface area (Å²) in [6.45, 7) is 0. The van der Waals surface area contributed by atoms with Gasteiger partial charge in [0.2, 0.25) is 11.8 Å². The molecule has 2 heterocycles. The van der Waals surface area contributed by atoms with Crippen LogP contribution < -0.4 is 20.1 Å². The second kappa shape index (κ2) is 10.2. The first-order valence-corrected chi connectivity index (χ1v) is 11.6. The highest BCUT2D eigenvalue weighted by Crippen LogP contribution is 2.28. The van der Waals surface area contributed by atoms with Crippen LogP contribution in [0.15, 0.2) is 59.3 Å². The van der Waals surface area contributed by atoms with E-state index in [9.17, 15) is 9.59 Å². The number of anilines is 2. The lowest BCUT2D eigenvalue weighted by Gasteiger charge is -2.03. The number of carbonyl (C=O) groups excluding carboxylic acids is 2. The molecular weight excluding hydrogens is 460 g/mol. The van der Waals surface area contributed by atoms with Gasteiger partial charge in [-0.25, -0.2) is 9.97 Å². The molecule has 0 bridgehead atoms. The summed E-state index contributed by atoms with van der Waals surface area (Å²) < 4.78 is 10.3. The lowest BCUT2D eigenvalue weighted by Crippen LogP contribution is -2.21. The van der Waals surface area contributed by atoms with Crippen molar-refractivity contribution in [2.75, 3.05) is 24.9 Å². The minimum Gasteiger partial charge on any atom is -0.497 e. The SMILES string of the molecule is COc1ccc(-c2csc(NC(=O)CC(=O)Nc3nc(-c4ccc(OC)cc4)cs3)n2)cc1. The number of aromatic nitrogens is 2. The van der Waals surface area contributed by atoms with E-state index in [4.69, 9.17) is 9.47 Å². The monoisotopic (exact) mass is 480 g/mol. The Labute approximate surface area is 198 Å². The first-order valence-electron chi connectivity index (χ1n) is 9.83. The molecule has 2 amide bonds. The van der Waals surface area contributed by atoms with Crippen molar-refractivity contribution in [3.63, 3.8) is 0 Å². The Morgan fingerprint density at radius 2 is 1.12 bits per heavy atom. The van der Waals surface area contributed by atoms with E-state index in [1.165, 1.54) is 22.7 Å². The Hall–Kier alpha value is -3.76. The lowest BCUT2D eigenvalue weighted by atomic mass is 10.2. The molecule has 168 valence electrons. The van der Waals surface area contributed by atoms with E-state index in [1.807, 2.05) is 59.3 Å². The van der Waals surface area contributed by atoms with Crippen LogP contribution in [0.3, 0.4) is 0 Å². The first-order chi connectivity index (χ1) is 16.0. The minimum absolute atomic E-state index is 0.338. The van der Waals surface area contributed by atoms with Crippen LogP contribution in [0.5, 0.6) is 11.5 Å². The van der Waals surface area contributed by atoms with Crippen molar-refractivity contribution in [2.45, 2.75) is 6.42 Å². The summed E-state index contributed by atoms with van der Waals surface area (Å²) in [6.07, 6.45) is -0.338. The van der Waals surface area contributed by atoms with Gasteiger partial charge in [-0.3, -0.25) is 9.59 Å². The summed E-state index contributed by atoms with van der Waals surface area (Å²) in [7, 11) is 3.21. The predicted molar refractivity (Wildman–Crippen MR) is 130 cm³/mol. The molecule has 0 fully saturated rings. The average Bonchev–Trinajstić information content (AvgIpc) is 3.49. The number of thiazole rings is 2. The molecule has 0 radical (unpaired) electrons. The third-order valence-corrected chi connectivity index (χ3v) is 6.11. The summed E-state index contributed by atoms with van der Waals surface area (Å²) in [5, 5.41) is 9.87. The molecule has 8 nitrogen and oxygen atoms in total. The van der Waals surface area contributed by atoms with Crippen molar-refractivity contribution in [3.8, 4) is 34.0 Å². The van der Waals surface area contributed by atoms with Gasteiger partial charge in [-0.1, -0.05) is 0 Å². The summed E-state index contributed by atoms with van der Waals surface area (Å²) in [6, 6.07) is 14.9. The summed E-state index contributed by atoms with van der Waals surface area (Å²) in [5.74, 6) is 0.611. The summed E-state index contributed by atoms with van der Waals surface area (Å²) in [4.78, 5) is 33.4. The normalized spacial score (nSPS) is 10.5. The second-order valence-corrected chi connectivity index (χ2v) is 8.52. The van der Waals surface area contributed by atoms with Crippen molar-refractivity contribution in [2.24, 2.45) is 0 Å². The Kier molecular flexibility index (Phi) is 6.96. The van der Waals surface area contributed by atoms with E-state index in [2.05, 4.69) is 20.6 Å². The number of carbonyl (C=O) groups is 2. The van der Waals surface area contributed by atoms with Gasteiger partial charge >= 0.3 is 0 Å². The molecule has 0 atom stereocenters. The van der Waals surface area contributed by atoms with E-state index in [-0.39, 0.29) is 6.42 Å². The van der Waals surface area contributed by atoms with Crippen LogP contribution in [0, 0.1) is 0 Å². The molecule has 33 heavy (non-hydrogen) atoms. The number of amides is 2. The van der Waals surface area contributed by atoms with Crippen LogP contribution >= 0.6 is 22.7 Å². The fourth-order valence-electron chi connectivity index (χ4n) is 2.92. The molecule has 0 aliphatic carbocycles. The van der Waals surface area contributed by atoms with E-state index in [1.54, 1.807) is 14.2 Å². The van der Waals surface area contributed by atoms with E-state index >= 15 is 0 Å². The number of benzene rings is 2. The van der Waals surface area contributed by atoms with Crippen molar-refractivity contribution in [1.29, 1.82) is 0 Å². The fraction of sp³-hybridized carbons (Fsp3) is 0.130. The van der Waals surface area contributed by atoms with Gasteiger partial charge in [-0.05, 0) is 48.5 Å². The Balaban J connectivity index is 1.30. The predicted octanol–water partition coefficient (Wildman–Crippen LogP) is 4.92. The number of ether oxygens (including phenoxy) is 2. The number of hydrogen-bond acceptors (Lipinski definition) is 8. The highest BCUT2D eigenvalue weighted by Gasteiger charge is 2.14. The Morgan fingerprint density at radius 1 is 0.727 bits per heavy atom. The van der Waals surface area contributed by atoms with Crippen LogP contribution in [0.25, 0.3) is 22.5 Å². The standard InChI is InChI=1S/C23H20N4O4S2/c1-30-16-7-3-14(4-8-16)18-12-32-22(24-18)26-20(28)11-21(29)27-23-25-19(13-33-23)15-5-9-17(31-2)10-6-15/h3-10,12-13H,11H2,1-2H3,(H,24,26,28)(H,25,27,29). The third-order valence-electron chi connectivity index (χ3n) is 4.59. The Bertz CT molecular complexity index is 1150. The topological polar surface area (TPSA) is 102 Å². The van der Waals surface area contributed by atoms with Crippen molar-refractivity contribution in [3.05, 3.63) is 59.3 Å². The van der Waals surface area contributed by atoms with Crippen LogP contribution in [-0.4, -0.2) is 36.0 Å². The van der Waals surface area contributed by atoms with Crippen LogP contribution in [0.4, 0.5) is 10.3 Å². The molecule has 2 aromatic carbocycles. The van der Waals surface area contributed by atoms with Gasteiger partial charge in [0.1, 0.15) is 17.9 Å². The largest absolute Gasteiger partial charge is 0.497 e. The van der Waals surface area contributed by atoms with Crippen molar-refractivity contribution < 1.29 is 19.1 Å². The van der Waals surface area contributed by atoms with Gasteiger partial charge in [-0.15, -0.1) is 22.7 Å². The number of hydrogen-bond donors (Lipinski definition) is 2. The summed E-state index contributed by atoms with van der Waals surface area (Å²) >= 11 is 2.58. The maximum absolute atomic E-state index is 12.3. The number of methoxy groups -OCH3 is 2. The van der Waals surface area contributed by atoms with E-state index in [0.717, 1.165) is 34.0 Å². The van der Waals surface area contributed by atoms with E-state index < -0.39 is 11.8 Å². The molecule has 0 saturated heterocycles. The maximum Gasteiger partial charge on any atom is 0.235 e. The zero-order valence-corrected chi connectivity index (χ0v) is 19.5. The van der Waals surface area contributed by atoms with Gasteiger partial charge in [0.25, 0.3) is 0 Å². The fourth-order valence-corrected chi connectivity index (χ4v) is 4.40. The molecule has 0 aliphatic heterocycles. The second-order valence-electron chi connectivity index (χ2n) is 6.81. The number of nitrogens with one attached hydrogen (secondary N) is 2. The lowest BCUT2D eigenvalue weighted by molar-refractivity contribution is -0.123. The van der Waals surface area contributed by atoms with Crippen LogP contribution in [0.1, 0.15) is 6.42 Å². The highest BCUT2D eigenvalue weighted by molar-refractivity contribution is 7.14. The molecule has 0 saturated carbocycles. The van der Waals surface area contributed by atoms with Crippen LogP contribution in [0.2, 0.25) is 0 Å². The van der Waals surface area contributed by atoms with Crippen molar-refractivity contribution in [1.82, 2.24) is 9.97 Å². The van der Waals surface area contributed by atoms with Crippen LogP contribution in [-0.2, 0) is 9.59 Å². The molecule has 4 rings (SSSR count). The molecule has 10 heteroatoms. The first kappa shape index (κ1) is 22.4. The highest BCUT2D eigenvalue weighted by atomic mass is 32.1. The quantitative estimate of drug-likeness (QED) is 0.347. The average molecular weight is 481 g/mol. The number of rotatable bonds is 8. The minimum atomic E-state index is -0.449. The zero-order chi connectivity index (χ0) is 23.2. The molecule has 0 unspecified atom stereocenters. The molecule has 2 aromatic heterocycles. The molecule has 4 aromatic rings. The van der Waals surface area contributed by atoms with Gasteiger partial charge in [0.15, 0.2) is 10.3 Å². The molecule has 2 N–H and O–H groups in total. The zero-order valence-electron chi connectivity index (χ0n) is 17.8. The van der Waals surface area contributed by atoms with Gasteiger partial charge in [0.05, 0.1) is 25.6 Å². The molecule has 0 spiro atoms. The van der Waals surface area contributed by atoms with Gasteiger partial charge in [0, 0.05) is 21.9 Å². The maximum atomic E-state index is 12.3. The van der Waals surface area contributed by atoms with Gasteiger partial charge in [-0.2, -0.15) is 0 Å². The van der Waals surface area contributed by atoms with Gasteiger partial charge < -0.3 is 20.1 Å². The molecule has 0 aliphatic rings.